The van der Waals surface area contributed by atoms with E-state index in [9.17, 15) is 9.00 Å². The summed E-state index contributed by atoms with van der Waals surface area (Å²) in [6.45, 7) is 0. The van der Waals surface area contributed by atoms with E-state index in [0.29, 0.717) is 11.3 Å². The first-order valence-electron chi connectivity index (χ1n) is 3.91. The van der Waals surface area contributed by atoms with Gasteiger partial charge in [0.2, 0.25) is 0 Å². The van der Waals surface area contributed by atoms with Gasteiger partial charge in [0.15, 0.2) is 0 Å². The summed E-state index contributed by atoms with van der Waals surface area (Å²) in [7, 11) is -1.37. The van der Waals surface area contributed by atoms with E-state index in [-0.39, 0.29) is 0 Å². The molecule has 1 aromatic carbocycles. The molecule has 0 bridgehead atoms. The van der Waals surface area contributed by atoms with Gasteiger partial charge < -0.3 is 5.11 Å². The average molecular weight is 196 g/mol. The minimum Gasteiger partial charge on any atom is -0.480 e. The predicted molar refractivity (Wildman–Crippen MR) is 48.0 cm³/mol. The maximum absolute atomic E-state index is 11.6. The molecule has 1 aliphatic heterocycles. The van der Waals surface area contributed by atoms with Crippen molar-refractivity contribution in [2.24, 2.45) is 0 Å². The van der Waals surface area contributed by atoms with Gasteiger partial charge in [0.1, 0.15) is 5.25 Å². The Bertz CT molecular complexity index is 386. The second-order valence-electron chi connectivity index (χ2n) is 2.94. The molecule has 0 unspecified atom stereocenters. The highest BCUT2D eigenvalue weighted by molar-refractivity contribution is 7.86. The molecule has 1 heterocycles. The lowest BCUT2D eigenvalue weighted by atomic mass is 10.1. The first kappa shape index (κ1) is 8.44. The molecule has 0 fully saturated rings. The van der Waals surface area contributed by atoms with E-state index in [4.69, 9.17) is 5.11 Å². The zero-order chi connectivity index (χ0) is 9.42. The number of carboxylic acid groups (broad SMARTS) is 1. The van der Waals surface area contributed by atoms with Crippen LogP contribution in [0.15, 0.2) is 29.2 Å². The summed E-state index contributed by atoms with van der Waals surface area (Å²) >= 11 is 0. The SMILES string of the molecule is O=C(O)[C@H]1Cc2ccccc2[S@]1=O. The highest BCUT2D eigenvalue weighted by Gasteiger charge is 2.34. The summed E-state index contributed by atoms with van der Waals surface area (Å²) in [6.07, 6.45) is 0.387. The number of carboxylic acids is 1. The summed E-state index contributed by atoms with van der Waals surface area (Å²) in [5.74, 6) is -0.977. The zero-order valence-electron chi connectivity index (χ0n) is 6.77. The molecule has 0 aromatic heterocycles. The van der Waals surface area contributed by atoms with Gasteiger partial charge >= 0.3 is 5.97 Å². The van der Waals surface area contributed by atoms with Crippen molar-refractivity contribution < 1.29 is 14.1 Å². The van der Waals surface area contributed by atoms with Crippen LogP contribution >= 0.6 is 0 Å². The van der Waals surface area contributed by atoms with Gasteiger partial charge in [0, 0.05) is 4.90 Å². The summed E-state index contributed by atoms with van der Waals surface area (Å²) in [6, 6.07) is 7.17. The van der Waals surface area contributed by atoms with Crippen LogP contribution in [0.2, 0.25) is 0 Å². The summed E-state index contributed by atoms with van der Waals surface area (Å²) < 4.78 is 11.6. The van der Waals surface area contributed by atoms with E-state index in [2.05, 4.69) is 0 Å². The monoisotopic (exact) mass is 196 g/mol. The highest BCUT2D eigenvalue weighted by Crippen LogP contribution is 2.27. The fourth-order valence-electron chi connectivity index (χ4n) is 1.48. The molecule has 1 N–H and O–H groups in total. The molecule has 0 saturated heterocycles. The molecule has 0 saturated carbocycles. The van der Waals surface area contributed by atoms with E-state index in [1.54, 1.807) is 12.1 Å². The van der Waals surface area contributed by atoms with E-state index in [1.807, 2.05) is 12.1 Å². The number of hydrogen-bond donors (Lipinski definition) is 1. The molecule has 0 aliphatic carbocycles. The van der Waals surface area contributed by atoms with Gasteiger partial charge in [-0.3, -0.25) is 9.00 Å². The molecular formula is C9H8O3S. The largest absolute Gasteiger partial charge is 0.480 e. The lowest BCUT2D eigenvalue weighted by molar-refractivity contribution is -0.136. The molecule has 2 rings (SSSR count). The average Bonchev–Trinajstić information content (AvgIpc) is 2.45. The molecule has 1 aliphatic rings. The van der Waals surface area contributed by atoms with Gasteiger partial charge in [0.25, 0.3) is 0 Å². The summed E-state index contributed by atoms with van der Waals surface area (Å²) in [5.41, 5.74) is 0.897. The van der Waals surface area contributed by atoms with Crippen LogP contribution in [0.25, 0.3) is 0 Å². The van der Waals surface area contributed by atoms with E-state index in [1.165, 1.54) is 0 Å². The fraction of sp³-hybridized carbons (Fsp3) is 0.222. The lowest BCUT2D eigenvalue weighted by Crippen LogP contribution is -2.22. The van der Waals surface area contributed by atoms with Crippen LogP contribution in [0.5, 0.6) is 0 Å². The third kappa shape index (κ3) is 1.27. The maximum Gasteiger partial charge on any atom is 0.320 e. The Kier molecular flexibility index (Phi) is 1.92. The zero-order valence-corrected chi connectivity index (χ0v) is 7.58. The van der Waals surface area contributed by atoms with Gasteiger partial charge in [-0.05, 0) is 18.1 Å². The Hall–Kier alpha value is -1.16. The van der Waals surface area contributed by atoms with Gasteiger partial charge in [-0.25, -0.2) is 0 Å². The van der Waals surface area contributed by atoms with Crippen LogP contribution in [0, 0.1) is 0 Å². The molecule has 68 valence electrons. The van der Waals surface area contributed by atoms with Gasteiger partial charge in [0.05, 0.1) is 10.8 Å². The van der Waals surface area contributed by atoms with Crippen molar-refractivity contribution in [3.05, 3.63) is 29.8 Å². The Labute approximate surface area is 77.9 Å². The molecular weight excluding hydrogens is 188 g/mol. The van der Waals surface area contributed by atoms with E-state index >= 15 is 0 Å². The Balaban J connectivity index is 2.44. The van der Waals surface area contributed by atoms with Crippen LogP contribution < -0.4 is 0 Å². The lowest BCUT2D eigenvalue weighted by Gasteiger charge is -1.98. The Morgan fingerprint density at radius 2 is 2.15 bits per heavy atom. The van der Waals surface area contributed by atoms with Crippen LogP contribution in [0.4, 0.5) is 0 Å². The van der Waals surface area contributed by atoms with Crippen LogP contribution in [-0.2, 0) is 22.0 Å². The second kappa shape index (κ2) is 2.96. The molecule has 0 amide bonds. The van der Waals surface area contributed by atoms with Gasteiger partial charge in [-0.2, -0.15) is 0 Å². The maximum atomic E-state index is 11.6. The molecule has 1 aromatic rings. The first-order valence-corrected chi connectivity index (χ1v) is 5.13. The van der Waals surface area contributed by atoms with Crippen LogP contribution in [-0.4, -0.2) is 20.5 Å². The van der Waals surface area contributed by atoms with Crippen molar-refractivity contribution in [1.29, 1.82) is 0 Å². The third-order valence-corrected chi connectivity index (χ3v) is 3.85. The normalized spacial score (nSPS) is 25.5. The first-order chi connectivity index (χ1) is 6.20. The molecule has 0 spiro atoms. The Morgan fingerprint density at radius 3 is 2.77 bits per heavy atom. The standard InChI is InChI=1S/C9H8O3S/c10-9(11)8-5-6-3-1-2-4-7(6)13(8)12/h1-4,8H,5H2,(H,10,11)/t8-,13-/m1/s1. The predicted octanol–water partition coefficient (Wildman–Crippen LogP) is 0.804. The van der Waals surface area contributed by atoms with Gasteiger partial charge in [-0.1, -0.05) is 18.2 Å². The van der Waals surface area contributed by atoms with E-state index < -0.39 is 22.0 Å². The number of rotatable bonds is 1. The molecule has 13 heavy (non-hydrogen) atoms. The number of fused-ring (bicyclic) bond motifs is 1. The van der Waals surface area contributed by atoms with Crippen molar-refractivity contribution in [1.82, 2.24) is 0 Å². The number of carbonyl (C=O) groups is 1. The van der Waals surface area contributed by atoms with Crippen molar-refractivity contribution in [3.8, 4) is 0 Å². The van der Waals surface area contributed by atoms with Crippen molar-refractivity contribution in [3.63, 3.8) is 0 Å². The Morgan fingerprint density at radius 1 is 1.46 bits per heavy atom. The topological polar surface area (TPSA) is 54.4 Å². The second-order valence-corrected chi connectivity index (χ2v) is 4.54. The molecule has 4 heteroatoms. The van der Waals surface area contributed by atoms with Gasteiger partial charge in [-0.15, -0.1) is 0 Å². The van der Waals surface area contributed by atoms with Crippen molar-refractivity contribution in [2.75, 3.05) is 0 Å². The van der Waals surface area contributed by atoms with Crippen LogP contribution in [0.1, 0.15) is 5.56 Å². The highest BCUT2D eigenvalue weighted by atomic mass is 32.2. The number of benzene rings is 1. The quantitative estimate of drug-likeness (QED) is 0.723. The smallest absolute Gasteiger partial charge is 0.320 e. The van der Waals surface area contributed by atoms with E-state index in [0.717, 1.165) is 5.56 Å². The minimum absolute atomic E-state index is 0.387. The number of hydrogen-bond acceptors (Lipinski definition) is 2. The molecule has 0 radical (unpaired) electrons. The summed E-state index contributed by atoms with van der Waals surface area (Å²) in [5, 5.41) is 8.01. The van der Waals surface area contributed by atoms with Crippen molar-refractivity contribution >= 4 is 16.8 Å². The third-order valence-electron chi connectivity index (χ3n) is 2.13. The van der Waals surface area contributed by atoms with Crippen LogP contribution in [0.3, 0.4) is 0 Å². The number of aliphatic carboxylic acids is 1. The molecule has 3 nitrogen and oxygen atoms in total. The van der Waals surface area contributed by atoms with Crippen molar-refractivity contribution in [2.45, 2.75) is 16.6 Å². The fourth-order valence-corrected chi connectivity index (χ4v) is 2.92. The summed E-state index contributed by atoms with van der Waals surface area (Å²) in [4.78, 5) is 11.4. The minimum atomic E-state index is -1.37. The molecule has 2 atom stereocenters.